The SMILES string of the molecule is Cc1ccc(NC(=O)/C(C#N)=C\c2cc(Cl)c(OCc3ccc4c(c3)OCO4)c(Br)c2)cc1Cl. The monoisotopic (exact) mass is 558 g/mol. The quantitative estimate of drug-likeness (QED) is 0.262. The second-order valence-corrected chi connectivity index (χ2v) is 9.05. The number of nitrogens with zero attached hydrogens (tertiary/aromatic N) is 1. The van der Waals surface area contributed by atoms with Crippen LogP contribution >= 0.6 is 39.1 Å². The van der Waals surface area contributed by atoms with Crippen molar-refractivity contribution in [2.75, 3.05) is 12.1 Å². The first-order chi connectivity index (χ1) is 16.3. The summed E-state index contributed by atoms with van der Waals surface area (Å²) in [4.78, 5) is 12.6. The molecule has 0 atom stereocenters. The molecule has 3 aromatic carbocycles. The van der Waals surface area contributed by atoms with Crippen molar-refractivity contribution in [3.05, 3.63) is 85.3 Å². The molecule has 1 heterocycles. The lowest BCUT2D eigenvalue weighted by Gasteiger charge is -2.12. The number of hydrogen-bond donors (Lipinski definition) is 1. The Morgan fingerprint density at radius 1 is 1.15 bits per heavy atom. The van der Waals surface area contributed by atoms with Crippen molar-refractivity contribution in [1.82, 2.24) is 0 Å². The topological polar surface area (TPSA) is 80.6 Å². The Hall–Kier alpha value is -3.18. The molecule has 0 saturated carbocycles. The standard InChI is InChI=1S/C25H17BrCl2N2O4/c1-14-2-4-18(10-20(14)27)30-25(31)17(11-29)6-16-7-19(26)24(21(28)8-16)32-12-15-3-5-22-23(9-15)34-13-33-22/h2-10H,12-13H2,1H3,(H,30,31)/b17-6-. The van der Waals surface area contributed by atoms with E-state index in [0.29, 0.717) is 43.0 Å². The van der Waals surface area contributed by atoms with Crippen LogP contribution in [0.3, 0.4) is 0 Å². The number of aryl methyl sites for hydroxylation is 1. The first kappa shape index (κ1) is 24.0. The van der Waals surface area contributed by atoms with Crippen molar-refractivity contribution in [3.8, 4) is 23.3 Å². The van der Waals surface area contributed by atoms with Crippen LogP contribution in [0.15, 0.2) is 58.6 Å². The normalized spacial score (nSPS) is 12.3. The van der Waals surface area contributed by atoms with E-state index in [4.69, 9.17) is 37.4 Å². The summed E-state index contributed by atoms with van der Waals surface area (Å²) in [7, 11) is 0. The first-order valence-corrected chi connectivity index (χ1v) is 11.6. The zero-order valence-corrected chi connectivity index (χ0v) is 20.9. The number of hydrogen-bond acceptors (Lipinski definition) is 5. The summed E-state index contributed by atoms with van der Waals surface area (Å²) < 4.78 is 17.2. The third kappa shape index (κ3) is 5.48. The van der Waals surface area contributed by atoms with Gasteiger partial charge in [0.1, 0.15) is 18.2 Å². The molecule has 172 valence electrons. The number of fused-ring (bicyclic) bond motifs is 1. The van der Waals surface area contributed by atoms with Crippen LogP contribution in [0.5, 0.6) is 17.2 Å². The third-order valence-corrected chi connectivity index (χ3v) is 6.22. The van der Waals surface area contributed by atoms with Crippen LogP contribution in [0.4, 0.5) is 5.69 Å². The van der Waals surface area contributed by atoms with Gasteiger partial charge >= 0.3 is 0 Å². The van der Waals surface area contributed by atoms with Crippen molar-refractivity contribution in [3.63, 3.8) is 0 Å². The van der Waals surface area contributed by atoms with Crippen molar-refractivity contribution in [2.24, 2.45) is 0 Å². The molecule has 3 aromatic rings. The second kappa shape index (κ2) is 10.4. The highest BCUT2D eigenvalue weighted by Crippen LogP contribution is 2.37. The molecule has 1 amide bonds. The minimum absolute atomic E-state index is 0.0892. The predicted molar refractivity (Wildman–Crippen MR) is 134 cm³/mol. The highest BCUT2D eigenvalue weighted by molar-refractivity contribution is 9.10. The van der Waals surface area contributed by atoms with Crippen LogP contribution in [0.2, 0.25) is 10.0 Å². The zero-order chi connectivity index (χ0) is 24.2. The predicted octanol–water partition coefficient (Wildman–Crippen LogP) is 6.92. The molecule has 1 aliphatic rings. The smallest absolute Gasteiger partial charge is 0.266 e. The number of benzene rings is 3. The second-order valence-electron chi connectivity index (χ2n) is 7.38. The van der Waals surface area contributed by atoms with Gasteiger partial charge in [-0.25, -0.2) is 0 Å². The Morgan fingerprint density at radius 3 is 2.68 bits per heavy atom. The number of rotatable bonds is 6. The van der Waals surface area contributed by atoms with Gasteiger partial charge < -0.3 is 19.5 Å². The van der Waals surface area contributed by atoms with Gasteiger partial charge in [0.25, 0.3) is 5.91 Å². The Morgan fingerprint density at radius 2 is 1.94 bits per heavy atom. The van der Waals surface area contributed by atoms with Crippen molar-refractivity contribution >= 4 is 56.8 Å². The van der Waals surface area contributed by atoms with Crippen molar-refractivity contribution in [1.29, 1.82) is 5.26 Å². The summed E-state index contributed by atoms with van der Waals surface area (Å²) in [5.41, 5.74) is 2.73. The molecule has 9 heteroatoms. The average Bonchev–Trinajstić information content (AvgIpc) is 3.27. The van der Waals surface area contributed by atoms with E-state index in [2.05, 4.69) is 21.2 Å². The highest BCUT2D eigenvalue weighted by atomic mass is 79.9. The van der Waals surface area contributed by atoms with E-state index in [1.54, 1.807) is 30.3 Å². The summed E-state index contributed by atoms with van der Waals surface area (Å²) in [6.07, 6.45) is 1.45. The molecule has 1 aliphatic heterocycles. The molecule has 0 spiro atoms. The number of carbonyl (C=O) groups excluding carboxylic acids is 1. The van der Waals surface area contributed by atoms with Crippen LogP contribution < -0.4 is 19.5 Å². The maximum absolute atomic E-state index is 12.6. The van der Waals surface area contributed by atoms with E-state index < -0.39 is 5.91 Å². The summed E-state index contributed by atoms with van der Waals surface area (Å²) in [5.74, 6) is 1.25. The van der Waals surface area contributed by atoms with E-state index in [-0.39, 0.29) is 19.0 Å². The van der Waals surface area contributed by atoms with Gasteiger partial charge in [0.05, 0.1) is 9.50 Å². The van der Waals surface area contributed by atoms with Crippen LogP contribution in [-0.4, -0.2) is 12.7 Å². The molecule has 0 aromatic heterocycles. The lowest BCUT2D eigenvalue weighted by atomic mass is 10.1. The fourth-order valence-corrected chi connectivity index (χ4v) is 4.34. The summed E-state index contributed by atoms with van der Waals surface area (Å²) >= 11 is 16.0. The fourth-order valence-electron chi connectivity index (χ4n) is 3.17. The molecule has 0 unspecified atom stereocenters. The number of nitrogens with one attached hydrogen (secondary N) is 1. The fraction of sp³-hybridized carbons (Fsp3) is 0.120. The number of amides is 1. The van der Waals surface area contributed by atoms with E-state index in [0.717, 1.165) is 11.1 Å². The van der Waals surface area contributed by atoms with E-state index in [9.17, 15) is 10.1 Å². The number of nitriles is 1. The van der Waals surface area contributed by atoms with Gasteiger partial charge in [-0.05, 0) is 82.0 Å². The van der Waals surface area contributed by atoms with Gasteiger partial charge in [-0.15, -0.1) is 0 Å². The van der Waals surface area contributed by atoms with Crippen LogP contribution in [0.25, 0.3) is 6.08 Å². The molecule has 0 radical (unpaired) electrons. The summed E-state index contributed by atoms with van der Waals surface area (Å²) in [6.45, 7) is 2.32. The highest BCUT2D eigenvalue weighted by Gasteiger charge is 2.16. The number of carbonyl (C=O) groups is 1. The van der Waals surface area contributed by atoms with Crippen molar-refractivity contribution < 1.29 is 19.0 Å². The van der Waals surface area contributed by atoms with Gasteiger partial charge in [-0.2, -0.15) is 5.26 Å². The lowest BCUT2D eigenvalue weighted by molar-refractivity contribution is -0.112. The van der Waals surface area contributed by atoms with Gasteiger partial charge in [-0.1, -0.05) is 35.3 Å². The number of ether oxygens (including phenoxy) is 3. The van der Waals surface area contributed by atoms with Crippen molar-refractivity contribution in [2.45, 2.75) is 13.5 Å². The van der Waals surface area contributed by atoms with E-state index in [1.165, 1.54) is 6.08 Å². The molecular formula is C25H17BrCl2N2O4. The molecule has 6 nitrogen and oxygen atoms in total. The third-order valence-electron chi connectivity index (χ3n) is 4.95. The molecule has 4 rings (SSSR count). The molecule has 1 N–H and O–H groups in total. The van der Waals surface area contributed by atoms with Gasteiger partial charge in [0.2, 0.25) is 6.79 Å². The van der Waals surface area contributed by atoms with Crippen LogP contribution in [0.1, 0.15) is 16.7 Å². The Bertz CT molecular complexity index is 1330. The van der Waals surface area contributed by atoms with Gasteiger partial charge in [0, 0.05) is 10.7 Å². The lowest BCUT2D eigenvalue weighted by Crippen LogP contribution is -2.13. The van der Waals surface area contributed by atoms with E-state index in [1.807, 2.05) is 31.2 Å². The maximum atomic E-state index is 12.6. The molecular weight excluding hydrogens is 543 g/mol. The number of anilines is 1. The largest absolute Gasteiger partial charge is 0.486 e. The molecule has 34 heavy (non-hydrogen) atoms. The minimum atomic E-state index is -0.558. The molecule has 0 fully saturated rings. The van der Waals surface area contributed by atoms with Crippen LogP contribution in [-0.2, 0) is 11.4 Å². The summed E-state index contributed by atoms with van der Waals surface area (Å²) in [6, 6.07) is 15.9. The average molecular weight is 560 g/mol. The van der Waals surface area contributed by atoms with Gasteiger partial charge in [-0.3, -0.25) is 4.79 Å². The Kier molecular flexibility index (Phi) is 7.32. The Balaban J connectivity index is 1.48. The zero-order valence-electron chi connectivity index (χ0n) is 17.8. The summed E-state index contributed by atoms with van der Waals surface area (Å²) in [5, 5.41) is 13.0. The molecule has 0 saturated heterocycles. The number of halogens is 3. The first-order valence-electron chi connectivity index (χ1n) is 10.0. The maximum Gasteiger partial charge on any atom is 0.266 e. The van der Waals surface area contributed by atoms with E-state index >= 15 is 0 Å². The molecule has 0 bridgehead atoms. The minimum Gasteiger partial charge on any atom is -0.486 e. The van der Waals surface area contributed by atoms with Crippen LogP contribution in [0, 0.1) is 18.3 Å². The Labute approximate surface area is 214 Å². The van der Waals surface area contributed by atoms with Gasteiger partial charge in [0.15, 0.2) is 17.2 Å². The molecule has 0 aliphatic carbocycles.